The SMILES string of the molecule is Cc1ccccc1CN=C(NCc1nnc2n1CCCC2)Nc1ccc2c(c1)OCCCO2.I. The normalized spacial score (nSPS) is 15.0. The van der Waals surface area contributed by atoms with Crippen molar-refractivity contribution in [3.63, 3.8) is 0 Å². The maximum atomic E-state index is 5.85. The lowest BCUT2D eigenvalue weighted by Gasteiger charge is -2.17. The summed E-state index contributed by atoms with van der Waals surface area (Å²) in [4.78, 5) is 4.86. The van der Waals surface area contributed by atoms with Gasteiger partial charge in [0.25, 0.3) is 0 Å². The van der Waals surface area contributed by atoms with E-state index in [1.807, 2.05) is 30.3 Å². The van der Waals surface area contributed by atoms with Crippen molar-refractivity contribution >= 4 is 35.6 Å². The molecular formula is C25H31IN6O2. The number of fused-ring (bicyclic) bond motifs is 2. The van der Waals surface area contributed by atoms with Gasteiger partial charge in [0.1, 0.15) is 5.82 Å². The summed E-state index contributed by atoms with van der Waals surface area (Å²) in [7, 11) is 0. The van der Waals surface area contributed by atoms with Gasteiger partial charge in [0, 0.05) is 31.1 Å². The van der Waals surface area contributed by atoms with Crippen LogP contribution in [-0.4, -0.2) is 33.9 Å². The molecule has 0 spiro atoms. The van der Waals surface area contributed by atoms with Crippen molar-refractivity contribution in [3.8, 4) is 11.5 Å². The van der Waals surface area contributed by atoms with E-state index in [4.69, 9.17) is 14.5 Å². The molecule has 0 unspecified atom stereocenters. The predicted octanol–water partition coefficient (Wildman–Crippen LogP) is 4.46. The first-order valence-corrected chi connectivity index (χ1v) is 11.7. The van der Waals surface area contributed by atoms with Gasteiger partial charge in [-0.3, -0.25) is 0 Å². The Kier molecular flexibility index (Phi) is 8.25. The molecule has 0 amide bonds. The fourth-order valence-electron chi connectivity index (χ4n) is 4.13. The Morgan fingerprint density at radius 1 is 1.03 bits per heavy atom. The lowest BCUT2D eigenvalue weighted by molar-refractivity contribution is 0.297. The maximum absolute atomic E-state index is 5.85. The molecule has 2 aliphatic heterocycles. The maximum Gasteiger partial charge on any atom is 0.196 e. The predicted molar refractivity (Wildman–Crippen MR) is 143 cm³/mol. The van der Waals surface area contributed by atoms with Gasteiger partial charge in [0.2, 0.25) is 0 Å². The zero-order valence-corrected chi connectivity index (χ0v) is 21.7. The molecule has 2 N–H and O–H groups in total. The number of guanidine groups is 1. The van der Waals surface area contributed by atoms with E-state index in [-0.39, 0.29) is 24.0 Å². The van der Waals surface area contributed by atoms with E-state index in [0.717, 1.165) is 48.2 Å². The lowest BCUT2D eigenvalue weighted by Crippen LogP contribution is -2.32. The minimum Gasteiger partial charge on any atom is -0.490 e. The third-order valence-electron chi connectivity index (χ3n) is 6.03. The van der Waals surface area contributed by atoms with Crippen molar-refractivity contribution in [2.24, 2.45) is 4.99 Å². The first kappa shape index (κ1) is 24.3. The van der Waals surface area contributed by atoms with Crippen LogP contribution in [0.1, 0.15) is 42.0 Å². The summed E-state index contributed by atoms with van der Waals surface area (Å²) in [6, 6.07) is 14.2. The summed E-state index contributed by atoms with van der Waals surface area (Å²) in [5.74, 6) is 4.23. The fourth-order valence-corrected chi connectivity index (χ4v) is 4.13. The average molecular weight is 574 g/mol. The average Bonchev–Trinajstić information content (AvgIpc) is 3.10. The molecule has 8 nitrogen and oxygen atoms in total. The van der Waals surface area contributed by atoms with E-state index < -0.39 is 0 Å². The van der Waals surface area contributed by atoms with Gasteiger partial charge < -0.3 is 24.7 Å². The molecule has 0 atom stereocenters. The molecule has 0 aliphatic carbocycles. The quantitative estimate of drug-likeness (QED) is 0.266. The second kappa shape index (κ2) is 11.5. The van der Waals surface area contributed by atoms with Crippen LogP contribution in [0.3, 0.4) is 0 Å². The molecule has 2 aliphatic rings. The van der Waals surface area contributed by atoms with Gasteiger partial charge in [-0.15, -0.1) is 34.2 Å². The van der Waals surface area contributed by atoms with Gasteiger partial charge in [0.15, 0.2) is 23.3 Å². The van der Waals surface area contributed by atoms with Crippen LogP contribution in [0.15, 0.2) is 47.5 Å². The molecule has 9 heteroatoms. The Morgan fingerprint density at radius 2 is 1.88 bits per heavy atom. The summed E-state index contributed by atoms with van der Waals surface area (Å²) in [5, 5.41) is 15.6. The molecule has 3 heterocycles. The molecule has 0 saturated heterocycles. The van der Waals surface area contributed by atoms with Crippen LogP contribution >= 0.6 is 24.0 Å². The number of benzene rings is 2. The second-order valence-electron chi connectivity index (χ2n) is 8.42. The van der Waals surface area contributed by atoms with Gasteiger partial charge in [-0.1, -0.05) is 24.3 Å². The number of nitrogens with zero attached hydrogens (tertiary/aromatic N) is 4. The molecule has 3 aromatic rings. The van der Waals surface area contributed by atoms with E-state index >= 15 is 0 Å². The number of ether oxygens (including phenoxy) is 2. The van der Waals surface area contributed by atoms with Crippen LogP contribution in [0.2, 0.25) is 0 Å². The van der Waals surface area contributed by atoms with Gasteiger partial charge in [-0.05, 0) is 43.0 Å². The van der Waals surface area contributed by atoms with Gasteiger partial charge in [0.05, 0.1) is 26.3 Å². The Labute approximate surface area is 217 Å². The smallest absolute Gasteiger partial charge is 0.196 e. The Bertz CT molecular complexity index is 1150. The molecule has 1 aromatic heterocycles. The van der Waals surface area contributed by atoms with Crippen LogP contribution < -0.4 is 20.1 Å². The zero-order valence-electron chi connectivity index (χ0n) is 19.4. The number of anilines is 1. The van der Waals surface area contributed by atoms with Crippen LogP contribution in [0, 0.1) is 6.92 Å². The molecule has 2 aromatic carbocycles. The van der Waals surface area contributed by atoms with Crippen LogP contribution in [0.4, 0.5) is 5.69 Å². The van der Waals surface area contributed by atoms with Crippen molar-refractivity contribution in [1.29, 1.82) is 0 Å². The highest BCUT2D eigenvalue weighted by molar-refractivity contribution is 14.0. The Balaban J connectivity index is 0.00000274. The van der Waals surface area contributed by atoms with Crippen molar-refractivity contribution in [2.45, 2.75) is 52.2 Å². The first-order chi connectivity index (χ1) is 16.3. The summed E-state index contributed by atoms with van der Waals surface area (Å²) < 4.78 is 13.8. The minimum atomic E-state index is 0. The Hall–Kier alpha value is -2.82. The number of aromatic nitrogens is 3. The monoisotopic (exact) mass is 574 g/mol. The van der Waals surface area contributed by atoms with Crippen molar-refractivity contribution in [1.82, 2.24) is 20.1 Å². The lowest BCUT2D eigenvalue weighted by atomic mass is 10.1. The van der Waals surface area contributed by atoms with E-state index in [1.165, 1.54) is 24.0 Å². The van der Waals surface area contributed by atoms with E-state index in [2.05, 4.69) is 44.5 Å². The molecule has 0 bridgehead atoms. The molecular weight excluding hydrogens is 543 g/mol. The molecule has 0 saturated carbocycles. The number of nitrogens with one attached hydrogen (secondary N) is 2. The third kappa shape index (κ3) is 5.81. The van der Waals surface area contributed by atoms with E-state index in [0.29, 0.717) is 32.3 Å². The number of halogens is 1. The van der Waals surface area contributed by atoms with Crippen molar-refractivity contribution < 1.29 is 9.47 Å². The summed E-state index contributed by atoms with van der Waals surface area (Å²) >= 11 is 0. The summed E-state index contributed by atoms with van der Waals surface area (Å²) in [5.41, 5.74) is 3.30. The highest BCUT2D eigenvalue weighted by atomic mass is 127. The van der Waals surface area contributed by atoms with Crippen LogP contribution in [-0.2, 0) is 26.1 Å². The minimum absolute atomic E-state index is 0. The van der Waals surface area contributed by atoms with Gasteiger partial charge in [-0.25, -0.2) is 4.99 Å². The number of aliphatic imine (C=N–C) groups is 1. The highest BCUT2D eigenvalue weighted by Gasteiger charge is 2.16. The van der Waals surface area contributed by atoms with Gasteiger partial charge >= 0.3 is 0 Å². The molecule has 0 fully saturated rings. The zero-order chi connectivity index (χ0) is 22.5. The standard InChI is InChI=1S/C25H30N6O2.HI/c1-18-7-2-3-8-19(18)16-26-25(27-17-24-30-29-23-9-4-5-12-31(23)24)28-20-10-11-21-22(15-20)33-14-6-13-32-21;/h2-3,7-8,10-11,15H,4-6,9,12-14,16-17H2,1H3,(H2,26,27,28);1H. The number of hydrogen-bond donors (Lipinski definition) is 2. The second-order valence-corrected chi connectivity index (χ2v) is 8.42. The van der Waals surface area contributed by atoms with Crippen molar-refractivity contribution in [2.75, 3.05) is 18.5 Å². The van der Waals surface area contributed by atoms with Crippen LogP contribution in [0.5, 0.6) is 11.5 Å². The topological polar surface area (TPSA) is 85.6 Å². The molecule has 180 valence electrons. The van der Waals surface area contributed by atoms with Crippen molar-refractivity contribution in [3.05, 3.63) is 65.2 Å². The molecule has 34 heavy (non-hydrogen) atoms. The Morgan fingerprint density at radius 3 is 2.76 bits per heavy atom. The molecule has 5 rings (SSSR count). The number of aryl methyl sites for hydroxylation is 2. The largest absolute Gasteiger partial charge is 0.490 e. The third-order valence-corrected chi connectivity index (χ3v) is 6.03. The highest BCUT2D eigenvalue weighted by Crippen LogP contribution is 2.32. The number of hydrogen-bond acceptors (Lipinski definition) is 5. The van der Waals surface area contributed by atoms with Gasteiger partial charge in [-0.2, -0.15) is 0 Å². The number of rotatable bonds is 5. The first-order valence-electron chi connectivity index (χ1n) is 11.7. The molecule has 0 radical (unpaired) electrons. The van der Waals surface area contributed by atoms with E-state index in [1.54, 1.807) is 0 Å². The fraction of sp³-hybridized carbons (Fsp3) is 0.400. The summed E-state index contributed by atoms with van der Waals surface area (Å²) in [6.45, 7) is 5.54. The summed E-state index contributed by atoms with van der Waals surface area (Å²) in [6.07, 6.45) is 4.23. The van der Waals surface area contributed by atoms with Crippen LogP contribution in [0.25, 0.3) is 0 Å². The van der Waals surface area contributed by atoms with E-state index in [9.17, 15) is 0 Å².